The van der Waals surface area contributed by atoms with E-state index >= 15 is 0 Å². The Morgan fingerprint density at radius 1 is 0.914 bits per heavy atom. The van der Waals surface area contributed by atoms with Crippen LogP contribution in [0.5, 0.6) is 0 Å². The van der Waals surface area contributed by atoms with E-state index < -0.39 is 0 Å². The van der Waals surface area contributed by atoms with Gasteiger partial charge in [0, 0.05) is 33.9 Å². The fourth-order valence-electron chi connectivity index (χ4n) is 4.86. The molecule has 0 aliphatic carbocycles. The van der Waals surface area contributed by atoms with Gasteiger partial charge in [0.2, 0.25) is 0 Å². The largest absolute Gasteiger partial charge is 0.316 e. The fraction of sp³-hybridized carbons (Fsp3) is 0.0625. The van der Waals surface area contributed by atoms with Crippen molar-refractivity contribution >= 4 is 39.5 Å². The smallest absolute Gasteiger partial charge is 0.0872 e. The lowest BCUT2D eigenvalue weighted by Crippen LogP contribution is -1.98. The van der Waals surface area contributed by atoms with Crippen LogP contribution < -0.4 is 0 Å². The predicted molar refractivity (Wildman–Crippen MR) is 149 cm³/mol. The van der Waals surface area contributed by atoms with Gasteiger partial charge in [-0.25, -0.2) is 4.39 Å². The summed E-state index contributed by atoms with van der Waals surface area (Å²) >= 11 is 0. The van der Waals surface area contributed by atoms with Crippen molar-refractivity contribution in [1.82, 2.24) is 9.13 Å². The number of halogens is 1. The molecule has 0 aliphatic heterocycles. The van der Waals surface area contributed by atoms with Gasteiger partial charge in [0.1, 0.15) is 0 Å². The third-order valence-corrected chi connectivity index (χ3v) is 6.49. The molecule has 3 heteroatoms. The molecule has 2 nitrogen and oxygen atoms in total. The van der Waals surface area contributed by atoms with Crippen molar-refractivity contribution in [3.05, 3.63) is 127 Å². The maximum Gasteiger partial charge on any atom is 0.0872 e. The van der Waals surface area contributed by atoms with Crippen LogP contribution in [0.1, 0.15) is 29.3 Å². The van der Waals surface area contributed by atoms with Crippen LogP contribution in [0.3, 0.4) is 0 Å². The Morgan fingerprint density at radius 2 is 1.71 bits per heavy atom. The van der Waals surface area contributed by atoms with Gasteiger partial charge in [-0.15, -0.1) is 0 Å². The van der Waals surface area contributed by atoms with Gasteiger partial charge in [0.25, 0.3) is 0 Å². The number of nitrogens with zero attached hydrogens (tertiary/aromatic N) is 2. The van der Waals surface area contributed by atoms with E-state index in [1.165, 1.54) is 17.0 Å². The van der Waals surface area contributed by atoms with Crippen LogP contribution in [0.2, 0.25) is 0 Å². The molecule has 3 aromatic carbocycles. The van der Waals surface area contributed by atoms with E-state index in [1.54, 1.807) is 0 Å². The zero-order chi connectivity index (χ0) is 24.5. The molecule has 0 fully saturated rings. The average molecular weight is 459 g/mol. The van der Waals surface area contributed by atoms with Crippen molar-refractivity contribution < 1.29 is 4.39 Å². The number of rotatable bonds is 6. The third-order valence-electron chi connectivity index (χ3n) is 6.49. The monoisotopic (exact) mass is 458 g/mol. The number of benzene rings is 3. The van der Waals surface area contributed by atoms with Gasteiger partial charge in [-0.05, 0) is 79.1 Å². The number of hydrogen-bond acceptors (Lipinski definition) is 0. The molecule has 0 N–H and O–H groups in total. The lowest BCUT2D eigenvalue weighted by Gasteiger charge is -2.12. The first-order chi connectivity index (χ1) is 17.1. The van der Waals surface area contributed by atoms with Crippen LogP contribution in [0.25, 0.3) is 50.9 Å². The summed E-state index contributed by atoms with van der Waals surface area (Å²) in [5.74, 6) is 0. The number of allylic oxidation sites excluding steroid dienone is 3. The Kier molecular flexibility index (Phi) is 5.84. The summed E-state index contributed by atoms with van der Waals surface area (Å²) < 4.78 is 17.3. The SMILES string of the molecule is C=Cc1c(/C=C\C)c2cc(C(=C)/C=C/F)ccc2n1-c1ccc2c(C)cn(-c3ccccc3)c2c1. The fourth-order valence-corrected chi connectivity index (χ4v) is 4.86. The van der Waals surface area contributed by atoms with Crippen LogP contribution in [0.4, 0.5) is 4.39 Å². The van der Waals surface area contributed by atoms with E-state index in [0.29, 0.717) is 11.9 Å². The highest BCUT2D eigenvalue weighted by atomic mass is 19.1. The molecule has 0 amide bonds. The molecule has 0 saturated heterocycles. The number of para-hydroxylation sites is 1. The summed E-state index contributed by atoms with van der Waals surface area (Å²) in [6.07, 6.45) is 10.1. The minimum atomic E-state index is 0.527. The summed E-state index contributed by atoms with van der Waals surface area (Å²) in [6.45, 7) is 12.3. The highest BCUT2D eigenvalue weighted by Crippen LogP contribution is 2.35. The normalized spacial score (nSPS) is 11.9. The molecule has 0 unspecified atom stereocenters. The van der Waals surface area contributed by atoms with Crippen molar-refractivity contribution in [3.63, 3.8) is 0 Å². The van der Waals surface area contributed by atoms with Crippen molar-refractivity contribution in [3.8, 4) is 11.4 Å². The molecule has 5 rings (SSSR count). The van der Waals surface area contributed by atoms with Crippen molar-refractivity contribution in [1.29, 1.82) is 0 Å². The molecule has 2 heterocycles. The second kappa shape index (κ2) is 9.11. The predicted octanol–water partition coefficient (Wildman–Crippen LogP) is 9.06. The summed E-state index contributed by atoms with van der Waals surface area (Å²) in [6, 6.07) is 23.1. The van der Waals surface area contributed by atoms with Crippen LogP contribution >= 0.6 is 0 Å². The average Bonchev–Trinajstić information content (AvgIpc) is 3.38. The Morgan fingerprint density at radius 3 is 2.43 bits per heavy atom. The first-order valence-electron chi connectivity index (χ1n) is 11.6. The lowest BCUT2D eigenvalue weighted by atomic mass is 10.0. The minimum absolute atomic E-state index is 0.527. The Hall–Kier alpha value is -4.37. The quantitative estimate of drug-likeness (QED) is 0.225. The molecule has 35 heavy (non-hydrogen) atoms. The van der Waals surface area contributed by atoms with Gasteiger partial charge in [-0.2, -0.15) is 0 Å². The van der Waals surface area contributed by atoms with Crippen LogP contribution in [0.15, 0.2) is 105 Å². The highest BCUT2D eigenvalue weighted by Gasteiger charge is 2.17. The second-order valence-corrected chi connectivity index (χ2v) is 8.61. The van der Waals surface area contributed by atoms with Crippen LogP contribution in [0, 0.1) is 6.92 Å². The van der Waals surface area contributed by atoms with Crippen molar-refractivity contribution in [2.75, 3.05) is 0 Å². The summed E-state index contributed by atoms with van der Waals surface area (Å²) in [4.78, 5) is 0. The molecule has 0 aliphatic rings. The van der Waals surface area contributed by atoms with E-state index in [-0.39, 0.29) is 0 Å². The maximum atomic E-state index is 12.8. The van der Waals surface area contributed by atoms with Crippen LogP contribution in [-0.4, -0.2) is 9.13 Å². The Bertz CT molecular complexity index is 1640. The first kappa shape index (κ1) is 22.4. The molecule has 0 saturated carbocycles. The van der Waals surface area contributed by atoms with Crippen LogP contribution in [-0.2, 0) is 0 Å². The minimum Gasteiger partial charge on any atom is -0.316 e. The number of hydrogen-bond donors (Lipinski definition) is 0. The van der Waals surface area contributed by atoms with E-state index in [0.717, 1.165) is 44.6 Å². The van der Waals surface area contributed by atoms with Gasteiger partial charge < -0.3 is 9.13 Å². The van der Waals surface area contributed by atoms with E-state index in [1.807, 2.05) is 31.2 Å². The van der Waals surface area contributed by atoms with Gasteiger partial charge >= 0.3 is 0 Å². The standard InChI is InChI=1S/C32H27FN2/c1-5-10-28-29-19-24(22(3)17-18-33)13-16-31(29)35(30(28)6-2)26-14-15-27-23(4)21-34(32(27)20-26)25-11-8-7-9-12-25/h5-21H,2-3H2,1,4H3/b10-5-,18-17+. The number of aryl methyl sites for hydroxylation is 1. The summed E-state index contributed by atoms with van der Waals surface area (Å²) in [7, 11) is 0. The number of aromatic nitrogens is 2. The van der Waals surface area contributed by atoms with Gasteiger partial charge in [0.15, 0.2) is 0 Å². The zero-order valence-corrected chi connectivity index (χ0v) is 20.0. The summed E-state index contributed by atoms with van der Waals surface area (Å²) in [5, 5.41) is 2.29. The van der Waals surface area contributed by atoms with Crippen molar-refractivity contribution in [2.24, 2.45) is 0 Å². The second-order valence-electron chi connectivity index (χ2n) is 8.61. The first-order valence-corrected chi connectivity index (χ1v) is 11.6. The molecular formula is C32H27FN2. The highest BCUT2D eigenvalue weighted by molar-refractivity contribution is 5.98. The molecule has 5 aromatic rings. The molecule has 0 spiro atoms. The molecule has 0 atom stereocenters. The van der Waals surface area contributed by atoms with Gasteiger partial charge in [-0.3, -0.25) is 0 Å². The Labute approximate surface area is 205 Å². The Balaban J connectivity index is 1.80. The molecule has 0 radical (unpaired) electrons. The van der Waals surface area contributed by atoms with E-state index in [4.69, 9.17) is 0 Å². The summed E-state index contributed by atoms with van der Waals surface area (Å²) in [5.41, 5.74) is 9.22. The molecule has 172 valence electrons. The number of fused-ring (bicyclic) bond motifs is 2. The molecular weight excluding hydrogens is 431 g/mol. The van der Waals surface area contributed by atoms with E-state index in [9.17, 15) is 4.39 Å². The zero-order valence-electron chi connectivity index (χ0n) is 20.0. The lowest BCUT2D eigenvalue weighted by molar-refractivity contribution is 0.722. The topological polar surface area (TPSA) is 9.86 Å². The van der Waals surface area contributed by atoms with E-state index in [2.05, 4.69) is 96.1 Å². The molecule has 2 aromatic heterocycles. The van der Waals surface area contributed by atoms with Gasteiger partial charge in [-0.1, -0.05) is 55.6 Å². The molecule has 0 bridgehead atoms. The van der Waals surface area contributed by atoms with Gasteiger partial charge in [0.05, 0.1) is 23.1 Å². The third kappa shape index (κ3) is 3.75. The van der Waals surface area contributed by atoms with Crippen molar-refractivity contribution in [2.45, 2.75) is 13.8 Å². The maximum absolute atomic E-state index is 12.8.